The second kappa shape index (κ2) is 9.57. The molecule has 0 bridgehead atoms. The molecule has 0 saturated carbocycles. The average Bonchev–Trinajstić information content (AvgIpc) is 2.23. The minimum Gasteiger partial charge on any atom is -0.193 e. The van der Waals surface area contributed by atoms with Crippen molar-refractivity contribution in [2.75, 3.05) is 17.3 Å². The van der Waals surface area contributed by atoms with E-state index in [2.05, 4.69) is 18.1 Å². The summed E-state index contributed by atoms with van der Waals surface area (Å²) in [5.74, 6) is -6.44. The highest BCUT2D eigenvalue weighted by atomic mass is 35.9. The van der Waals surface area contributed by atoms with Gasteiger partial charge in [-0.2, -0.15) is 18.1 Å². The fourth-order valence-electron chi connectivity index (χ4n) is 1.30. The van der Waals surface area contributed by atoms with Crippen molar-refractivity contribution in [1.82, 2.24) is 0 Å². The predicted molar refractivity (Wildman–Crippen MR) is 121 cm³/mol. The number of hydrogen-bond donors (Lipinski definition) is 0. The maximum absolute atomic E-state index is 6.51. The Bertz CT molecular complexity index is 616. The van der Waals surface area contributed by atoms with Gasteiger partial charge >= 0.3 is 0 Å². The van der Waals surface area contributed by atoms with Crippen molar-refractivity contribution >= 4 is 114 Å². The second-order valence-electron chi connectivity index (χ2n) is 3.49. The van der Waals surface area contributed by atoms with E-state index in [1.165, 1.54) is 11.4 Å². The molecule has 0 fully saturated rings. The molecule has 0 radical (unpaired) electrons. The Kier molecular flexibility index (Phi) is 10.2. The minimum atomic E-state index is -2.98. The Labute approximate surface area is 168 Å². The highest BCUT2D eigenvalue weighted by Crippen LogP contribution is 2.91. The van der Waals surface area contributed by atoms with E-state index in [0.29, 0.717) is 5.75 Å². The van der Waals surface area contributed by atoms with Crippen LogP contribution >= 0.6 is 114 Å². The zero-order chi connectivity index (χ0) is 17.1. The van der Waals surface area contributed by atoms with Gasteiger partial charge in [-0.1, -0.05) is 54.9 Å². The van der Waals surface area contributed by atoms with Crippen molar-refractivity contribution in [3.05, 3.63) is 0 Å². The van der Waals surface area contributed by atoms with E-state index in [4.69, 9.17) is 56.2 Å². The van der Waals surface area contributed by atoms with Crippen LogP contribution in [0.1, 0.15) is 20.8 Å². The van der Waals surface area contributed by atoms with Crippen LogP contribution in [0.15, 0.2) is 18.1 Å². The minimum absolute atomic E-state index is 0.694. The van der Waals surface area contributed by atoms with Crippen molar-refractivity contribution in [2.45, 2.75) is 20.8 Å². The van der Waals surface area contributed by atoms with Crippen LogP contribution in [0.25, 0.3) is 0 Å². The van der Waals surface area contributed by atoms with E-state index < -0.39 is 23.2 Å². The van der Waals surface area contributed by atoms with Gasteiger partial charge in [-0.3, -0.25) is 0 Å². The topological polar surface area (TPSA) is 49.4 Å². The Morgan fingerprint density at radius 2 is 1.09 bits per heavy atom. The quantitative estimate of drug-likeness (QED) is 0.315. The summed E-state index contributed by atoms with van der Waals surface area (Å²) in [6, 6.07) is 0. The van der Waals surface area contributed by atoms with Crippen LogP contribution in [-0.2, 0) is 0 Å². The first-order chi connectivity index (χ1) is 10.0. The van der Waals surface area contributed by atoms with E-state index >= 15 is 0 Å². The first-order valence-corrected chi connectivity index (χ1v) is 22.1. The van der Waals surface area contributed by atoms with Gasteiger partial charge in [-0.25, -0.2) is 0 Å². The first kappa shape index (κ1) is 23.5. The van der Waals surface area contributed by atoms with E-state index in [-0.39, 0.29) is 0 Å². The Hall–Kier alpha value is 3.42. The second-order valence-corrected chi connectivity index (χ2v) is 28.9. The van der Waals surface area contributed by atoms with Crippen molar-refractivity contribution in [1.29, 1.82) is 0 Å². The molecular weight excluding hydrogens is 525 g/mol. The van der Waals surface area contributed by atoms with Crippen LogP contribution in [0, 0.1) is 0 Å². The SMILES string of the molecule is CCSP1(Cl)=NP(Cl)(Cl)=NP(SCC)(SCC)=NP(Cl)(Cl)=N1. The van der Waals surface area contributed by atoms with Gasteiger partial charge in [0.1, 0.15) is 0 Å². The number of rotatable bonds is 6. The molecule has 1 rings (SSSR count). The summed E-state index contributed by atoms with van der Waals surface area (Å²) in [5.41, 5.74) is -2.36. The van der Waals surface area contributed by atoms with Gasteiger partial charge in [0.25, 0.3) is 11.8 Å². The molecule has 1 aliphatic rings. The molecule has 132 valence electrons. The third-order valence-electron chi connectivity index (χ3n) is 1.77. The lowest BCUT2D eigenvalue weighted by Gasteiger charge is -2.24. The van der Waals surface area contributed by atoms with Gasteiger partial charge in [0, 0.05) is 0 Å². The molecule has 0 amide bonds. The molecule has 0 spiro atoms. The van der Waals surface area contributed by atoms with E-state index in [1.54, 1.807) is 22.8 Å². The zero-order valence-corrected chi connectivity index (χ0v) is 21.6. The zero-order valence-electron chi connectivity index (χ0n) is 11.8. The van der Waals surface area contributed by atoms with Crippen molar-refractivity contribution in [3.63, 3.8) is 0 Å². The Balaban J connectivity index is 3.69. The highest BCUT2D eigenvalue weighted by molar-refractivity contribution is 8.91. The molecule has 0 aromatic rings. The van der Waals surface area contributed by atoms with Gasteiger partial charge in [0.15, 0.2) is 5.61 Å². The Morgan fingerprint density at radius 3 is 1.55 bits per heavy atom. The summed E-state index contributed by atoms with van der Waals surface area (Å²) in [7, 11) is 0. The fourth-order valence-corrected chi connectivity index (χ4v) is 39.3. The van der Waals surface area contributed by atoms with Crippen LogP contribution in [0.4, 0.5) is 0 Å². The van der Waals surface area contributed by atoms with Crippen molar-refractivity contribution in [2.24, 2.45) is 18.1 Å². The van der Waals surface area contributed by atoms with Gasteiger partial charge in [-0.05, 0) is 73.5 Å². The standard InChI is InChI=1S/C6H15Cl5N4P4S3/c1-4-20-18(11)12-16(7,8)14-19(21-5-2,22-6-3)15-17(9,10)13-18/h4-6H2,1-3H3. The third-order valence-corrected chi connectivity index (χ3v) is 28.7. The average molecular weight is 541 g/mol. The molecule has 0 aromatic heterocycles. The lowest BCUT2D eigenvalue weighted by Crippen LogP contribution is -1.75. The predicted octanol–water partition coefficient (Wildman–Crippen LogP) is 11.2. The maximum atomic E-state index is 6.51. The molecule has 4 nitrogen and oxygen atoms in total. The van der Waals surface area contributed by atoms with E-state index in [9.17, 15) is 0 Å². The smallest absolute Gasteiger partial charge is 0.193 e. The molecule has 0 N–H and O–H groups in total. The largest absolute Gasteiger partial charge is 0.256 e. The van der Waals surface area contributed by atoms with Crippen LogP contribution in [-0.4, -0.2) is 17.3 Å². The van der Waals surface area contributed by atoms with Crippen LogP contribution in [0.3, 0.4) is 0 Å². The monoisotopic (exact) mass is 538 g/mol. The lowest BCUT2D eigenvalue weighted by atomic mass is 11.0. The summed E-state index contributed by atoms with van der Waals surface area (Å²) in [6.07, 6.45) is 0. The molecule has 1 heterocycles. The molecule has 22 heavy (non-hydrogen) atoms. The Morgan fingerprint density at radius 1 is 0.636 bits per heavy atom. The number of hydrogen-bond acceptors (Lipinski definition) is 7. The van der Waals surface area contributed by atoms with E-state index in [0.717, 1.165) is 11.5 Å². The van der Waals surface area contributed by atoms with Gasteiger partial charge in [0.2, 0.25) is 5.76 Å². The molecule has 1 aliphatic heterocycles. The van der Waals surface area contributed by atoms with Crippen LogP contribution < -0.4 is 0 Å². The number of nitrogens with zero attached hydrogens (tertiary/aromatic N) is 4. The molecule has 0 aliphatic carbocycles. The normalized spacial score (nSPS) is 29.1. The van der Waals surface area contributed by atoms with Crippen LogP contribution in [0.2, 0.25) is 0 Å². The van der Waals surface area contributed by atoms with Crippen molar-refractivity contribution in [3.8, 4) is 0 Å². The molecule has 1 unspecified atom stereocenters. The lowest BCUT2D eigenvalue weighted by molar-refractivity contribution is 1.54. The molecule has 0 aromatic carbocycles. The summed E-state index contributed by atoms with van der Waals surface area (Å²) in [5, 5.41) is 0. The molecule has 0 saturated heterocycles. The summed E-state index contributed by atoms with van der Waals surface area (Å²) in [4.78, 5) is 0. The van der Waals surface area contributed by atoms with Crippen molar-refractivity contribution < 1.29 is 0 Å². The third kappa shape index (κ3) is 7.58. The molecule has 16 heteroatoms. The highest BCUT2D eigenvalue weighted by Gasteiger charge is 2.34. The van der Waals surface area contributed by atoms with Gasteiger partial charge < -0.3 is 0 Å². The first-order valence-electron chi connectivity index (χ1n) is 5.98. The summed E-state index contributed by atoms with van der Waals surface area (Å²) in [6.45, 7) is 5.96. The van der Waals surface area contributed by atoms with E-state index in [1.807, 2.05) is 20.8 Å². The van der Waals surface area contributed by atoms with Gasteiger partial charge in [-0.15, -0.1) is 0 Å². The maximum Gasteiger partial charge on any atom is 0.256 e. The van der Waals surface area contributed by atoms with Gasteiger partial charge in [0.05, 0.1) is 0 Å². The van der Waals surface area contributed by atoms with Crippen LogP contribution in [0.5, 0.6) is 0 Å². The number of halogens is 5. The summed E-state index contributed by atoms with van der Waals surface area (Å²) < 4.78 is 18.0. The molecule has 1 atom stereocenters. The molecular formula is C6H15Cl5N4P4S3. The fraction of sp³-hybridized carbons (Fsp3) is 1.00. The summed E-state index contributed by atoms with van der Waals surface area (Å²) >= 11 is 36.6.